The first-order valence-electron chi connectivity index (χ1n) is 9.03. The molecule has 0 saturated heterocycles. The molecule has 26 heavy (non-hydrogen) atoms. The molecule has 1 atom stereocenters. The topological polar surface area (TPSA) is 67.2 Å². The third-order valence-electron chi connectivity index (χ3n) is 4.62. The second kappa shape index (κ2) is 10.3. The van der Waals surface area contributed by atoms with E-state index < -0.39 is 5.92 Å². The van der Waals surface area contributed by atoms with Crippen LogP contribution in [0.1, 0.15) is 39.3 Å². The quantitative estimate of drug-likeness (QED) is 0.763. The van der Waals surface area contributed by atoms with E-state index in [1.807, 2.05) is 32.0 Å². The summed E-state index contributed by atoms with van der Waals surface area (Å²) in [6.45, 7) is 11.8. The summed E-state index contributed by atoms with van der Waals surface area (Å²) in [7, 11) is 0. The molecule has 0 radical (unpaired) electrons. The molecule has 0 aliphatic rings. The van der Waals surface area contributed by atoms with Crippen molar-refractivity contribution in [3.05, 3.63) is 40.3 Å². The van der Waals surface area contributed by atoms with Gasteiger partial charge in [0.2, 0.25) is 5.91 Å². The van der Waals surface area contributed by atoms with E-state index >= 15 is 0 Å². The SMILES string of the molecule is CCN(CC)CCNC(=O)C(C)c1nn(CC)c(=O)c2ccccc12.Cl. The van der Waals surface area contributed by atoms with Crippen LogP contribution in [-0.4, -0.2) is 46.8 Å². The van der Waals surface area contributed by atoms with Crippen LogP contribution in [0.2, 0.25) is 0 Å². The summed E-state index contributed by atoms with van der Waals surface area (Å²) in [6.07, 6.45) is 0. The first-order valence-corrected chi connectivity index (χ1v) is 9.03. The van der Waals surface area contributed by atoms with Crippen LogP contribution in [-0.2, 0) is 11.3 Å². The van der Waals surface area contributed by atoms with Crippen molar-refractivity contribution in [1.82, 2.24) is 20.0 Å². The predicted octanol–water partition coefficient (Wildman–Crippen LogP) is 2.40. The number of likely N-dealkylation sites (N-methyl/N-ethyl adjacent to an activating group) is 1. The highest BCUT2D eigenvalue weighted by molar-refractivity contribution is 5.91. The van der Waals surface area contributed by atoms with Crippen LogP contribution in [0.4, 0.5) is 0 Å². The molecular weight excluding hydrogens is 352 g/mol. The van der Waals surface area contributed by atoms with Crippen molar-refractivity contribution < 1.29 is 4.79 Å². The lowest BCUT2D eigenvalue weighted by atomic mass is 10.0. The van der Waals surface area contributed by atoms with E-state index in [9.17, 15) is 9.59 Å². The van der Waals surface area contributed by atoms with Gasteiger partial charge in [0, 0.05) is 25.0 Å². The Bertz CT molecular complexity index is 787. The lowest BCUT2D eigenvalue weighted by Gasteiger charge is -2.19. The monoisotopic (exact) mass is 380 g/mol. The zero-order chi connectivity index (χ0) is 18.4. The fourth-order valence-corrected chi connectivity index (χ4v) is 2.95. The van der Waals surface area contributed by atoms with E-state index in [-0.39, 0.29) is 23.9 Å². The van der Waals surface area contributed by atoms with Gasteiger partial charge in [-0.25, -0.2) is 4.68 Å². The third kappa shape index (κ3) is 4.83. The number of rotatable bonds is 8. The summed E-state index contributed by atoms with van der Waals surface area (Å²) >= 11 is 0. The highest BCUT2D eigenvalue weighted by atomic mass is 35.5. The van der Waals surface area contributed by atoms with Gasteiger partial charge in [0.15, 0.2) is 0 Å². The smallest absolute Gasteiger partial charge is 0.274 e. The van der Waals surface area contributed by atoms with Gasteiger partial charge in [-0.3, -0.25) is 9.59 Å². The summed E-state index contributed by atoms with van der Waals surface area (Å²) in [6, 6.07) is 7.36. The number of aromatic nitrogens is 2. The molecule has 6 nitrogen and oxygen atoms in total. The summed E-state index contributed by atoms with van der Waals surface area (Å²) in [4.78, 5) is 27.2. The Kier molecular flexibility index (Phi) is 8.75. The second-order valence-corrected chi connectivity index (χ2v) is 6.09. The number of carbonyl (C=O) groups is 1. The first kappa shape index (κ1) is 22.1. The molecule has 0 spiro atoms. The molecule has 0 aliphatic carbocycles. The van der Waals surface area contributed by atoms with Crippen LogP contribution in [0.25, 0.3) is 10.8 Å². The lowest BCUT2D eigenvalue weighted by molar-refractivity contribution is -0.122. The van der Waals surface area contributed by atoms with E-state index in [1.165, 1.54) is 4.68 Å². The standard InChI is InChI=1S/C19H28N4O2.ClH/c1-5-22(6-2)13-12-20-18(24)14(4)17-15-10-8-9-11-16(15)19(25)23(7-3)21-17;/h8-11,14H,5-7,12-13H2,1-4H3,(H,20,24);1H. The van der Waals surface area contributed by atoms with Crippen LogP contribution >= 0.6 is 12.4 Å². The Morgan fingerprint density at radius 3 is 2.38 bits per heavy atom. The molecule has 1 heterocycles. The Hall–Kier alpha value is -1.92. The molecule has 1 unspecified atom stereocenters. The average Bonchev–Trinajstić information content (AvgIpc) is 2.65. The Balaban J connectivity index is 0.00000338. The fourth-order valence-electron chi connectivity index (χ4n) is 2.95. The summed E-state index contributed by atoms with van der Waals surface area (Å²) in [5, 5.41) is 8.80. The number of amides is 1. The molecule has 0 aliphatic heterocycles. The van der Waals surface area contributed by atoms with Crippen LogP contribution in [0.5, 0.6) is 0 Å². The molecule has 0 fully saturated rings. The van der Waals surface area contributed by atoms with Crippen LogP contribution in [0.3, 0.4) is 0 Å². The van der Waals surface area contributed by atoms with Crippen molar-refractivity contribution in [2.45, 2.75) is 40.2 Å². The van der Waals surface area contributed by atoms with E-state index in [0.717, 1.165) is 25.0 Å². The minimum atomic E-state index is -0.417. The number of fused-ring (bicyclic) bond motifs is 1. The van der Waals surface area contributed by atoms with Gasteiger partial charge in [-0.15, -0.1) is 12.4 Å². The first-order chi connectivity index (χ1) is 12.0. The molecule has 1 N–H and O–H groups in total. The molecule has 144 valence electrons. The van der Waals surface area contributed by atoms with E-state index in [4.69, 9.17) is 0 Å². The molecule has 1 aromatic heterocycles. The van der Waals surface area contributed by atoms with E-state index in [2.05, 4.69) is 29.2 Å². The van der Waals surface area contributed by atoms with Crippen LogP contribution in [0.15, 0.2) is 29.1 Å². The Labute approximate surface area is 161 Å². The maximum Gasteiger partial charge on any atom is 0.274 e. The van der Waals surface area contributed by atoms with Gasteiger partial charge in [0.25, 0.3) is 5.56 Å². The largest absolute Gasteiger partial charge is 0.354 e. The van der Waals surface area contributed by atoms with Gasteiger partial charge in [0.05, 0.1) is 17.0 Å². The zero-order valence-corrected chi connectivity index (χ0v) is 16.8. The van der Waals surface area contributed by atoms with Crippen molar-refractivity contribution in [2.75, 3.05) is 26.2 Å². The number of nitrogens with one attached hydrogen (secondary N) is 1. The Morgan fingerprint density at radius 2 is 1.81 bits per heavy atom. The lowest BCUT2D eigenvalue weighted by Crippen LogP contribution is -2.37. The maximum absolute atomic E-state index is 12.6. The molecule has 0 saturated carbocycles. The van der Waals surface area contributed by atoms with Crippen molar-refractivity contribution in [2.24, 2.45) is 0 Å². The molecule has 2 aromatic rings. The number of nitrogens with zero attached hydrogens (tertiary/aromatic N) is 3. The van der Waals surface area contributed by atoms with Gasteiger partial charge in [0.1, 0.15) is 0 Å². The van der Waals surface area contributed by atoms with Crippen molar-refractivity contribution in [1.29, 1.82) is 0 Å². The molecule has 1 amide bonds. The number of aryl methyl sites for hydroxylation is 1. The summed E-state index contributed by atoms with van der Waals surface area (Å²) in [5.41, 5.74) is 0.536. The number of hydrogen-bond donors (Lipinski definition) is 1. The van der Waals surface area contributed by atoms with Gasteiger partial charge in [-0.2, -0.15) is 5.10 Å². The van der Waals surface area contributed by atoms with Gasteiger partial charge < -0.3 is 10.2 Å². The average molecular weight is 381 g/mol. The van der Waals surface area contributed by atoms with E-state index in [1.54, 1.807) is 6.07 Å². The number of carbonyl (C=O) groups excluding carboxylic acids is 1. The second-order valence-electron chi connectivity index (χ2n) is 6.09. The van der Waals surface area contributed by atoms with E-state index in [0.29, 0.717) is 24.2 Å². The van der Waals surface area contributed by atoms with Gasteiger partial charge >= 0.3 is 0 Å². The van der Waals surface area contributed by atoms with Crippen molar-refractivity contribution in [3.8, 4) is 0 Å². The number of halogens is 1. The van der Waals surface area contributed by atoms with Crippen molar-refractivity contribution in [3.63, 3.8) is 0 Å². The minimum absolute atomic E-state index is 0. The van der Waals surface area contributed by atoms with Gasteiger partial charge in [-0.05, 0) is 33.0 Å². The minimum Gasteiger partial charge on any atom is -0.354 e. The zero-order valence-electron chi connectivity index (χ0n) is 16.0. The molecule has 2 rings (SSSR count). The van der Waals surface area contributed by atoms with Gasteiger partial charge in [-0.1, -0.05) is 32.0 Å². The molecular formula is C19H29ClN4O2. The van der Waals surface area contributed by atoms with Crippen LogP contribution < -0.4 is 10.9 Å². The maximum atomic E-state index is 12.6. The Morgan fingerprint density at radius 1 is 1.19 bits per heavy atom. The summed E-state index contributed by atoms with van der Waals surface area (Å²) in [5.74, 6) is -0.480. The normalized spacial score (nSPS) is 12.0. The summed E-state index contributed by atoms with van der Waals surface area (Å²) < 4.78 is 1.43. The molecule has 1 aromatic carbocycles. The number of benzene rings is 1. The third-order valence-corrected chi connectivity index (χ3v) is 4.62. The predicted molar refractivity (Wildman–Crippen MR) is 108 cm³/mol. The highest BCUT2D eigenvalue weighted by Crippen LogP contribution is 2.21. The molecule has 0 bridgehead atoms. The molecule has 7 heteroatoms. The number of hydrogen-bond acceptors (Lipinski definition) is 4. The van der Waals surface area contributed by atoms with Crippen LogP contribution in [0, 0.1) is 0 Å². The van der Waals surface area contributed by atoms with Crippen molar-refractivity contribution >= 4 is 29.1 Å². The highest BCUT2D eigenvalue weighted by Gasteiger charge is 2.21. The fraction of sp³-hybridized carbons (Fsp3) is 0.526.